The molecule has 0 amide bonds. The molecule has 2 heterocycles. The van der Waals surface area contributed by atoms with Crippen LogP contribution in [0.15, 0.2) is 22.6 Å². The highest BCUT2D eigenvalue weighted by Gasteiger charge is 2.49. The molecule has 2 rings (SSSR count). The number of nitrogens with one attached hydrogen (secondary N) is 1. The molecule has 1 aliphatic heterocycles. The molecular weight excluding hydrogens is 255 g/mol. The van der Waals surface area contributed by atoms with E-state index in [0.29, 0.717) is 5.88 Å². The molecule has 6 heteroatoms. The van der Waals surface area contributed by atoms with Gasteiger partial charge in [-0.1, -0.05) is 17.2 Å². The van der Waals surface area contributed by atoms with Crippen molar-refractivity contribution in [1.29, 1.82) is 0 Å². The molecule has 1 aromatic rings. The normalized spacial score (nSPS) is 22.4. The van der Waals surface area contributed by atoms with Crippen LogP contribution in [0.5, 0.6) is 0 Å². The van der Waals surface area contributed by atoms with Crippen molar-refractivity contribution in [2.75, 3.05) is 5.32 Å². The van der Waals surface area contributed by atoms with Crippen LogP contribution in [0.3, 0.4) is 0 Å². The second-order valence-corrected chi connectivity index (χ2v) is 6.28. The van der Waals surface area contributed by atoms with Crippen LogP contribution in [-0.2, 0) is 9.31 Å². The fraction of sp³-hybridized carbons (Fsp3) is 0.643. The Bertz CT molecular complexity index is 480. The van der Waals surface area contributed by atoms with Crippen molar-refractivity contribution in [3.63, 3.8) is 0 Å². The lowest BCUT2D eigenvalue weighted by molar-refractivity contribution is 0.00578. The third kappa shape index (κ3) is 3.24. The van der Waals surface area contributed by atoms with E-state index < -0.39 is 0 Å². The average molecular weight is 278 g/mol. The zero-order chi connectivity index (χ0) is 15.0. The fourth-order valence-electron chi connectivity index (χ4n) is 1.93. The summed E-state index contributed by atoms with van der Waals surface area (Å²) < 4.78 is 16.9. The van der Waals surface area contributed by atoms with E-state index in [4.69, 9.17) is 13.8 Å². The molecule has 1 N–H and O–H groups in total. The van der Waals surface area contributed by atoms with Crippen molar-refractivity contribution in [1.82, 2.24) is 5.16 Å². The summed E-state index contributed by atoms with van der Waals surface area (Å²) in [6.45, 7) is 12.1. The van der Waals surface area contributed by atoms with Crippen LogP contribution < -0.4 is 5.32 Å². The minimum absolute atomic E-state index is 0.0985. The maximum absolute atomic E-state index is 5.90. The van der Waals surface area contributed by atoms with Crippen LogP contribution in [0.2, 0.25) is 0 Å². The maximum Gasteiger partial charge on any atom is 0.486 e. The SMILES string of the molecule is Cc1cc(N[C@@H](C)C=CB2OC(C)(C)C(C)(C)O2)on1. The molecule has 20 heavy (non-hydrogen) atoms. The van der Waals surface area contributed by atoms with Crippen LogP contribution in [0, 0.1) is 6.92 Å². The highest BCUT2D eigenvalue weighted by Crippen LogP contribution is 2.36. The number of hydrogen-bond donors (Lipinski definition) is 1. The molecule has 1 atom stereocenters. The largest absolute Gasteiger partial charge is 0.486 e. The van der Waals surface area contributed by atoms with Crippen LogP contribution >= 0.6 is 0 Å². The van der Waals surface area contributed by atoms with Gasteiger partial charge in [-0.2, -0.15) is 0 Å². The molecule has 0 saturated carbocycles. The third-order valence-electron chi connectivity index (χ3n) is 3.83. The Morgan fingerprint density at radius 2 is 1.85 bits per heavy atom. The Morgan fingerprint density at radius 3 is 2.35 bits per heavy atom. The molecule has 1 aromatic heterocycles. The smallest absolute Gasteiger partial charge is 0.400 e. The Kier molecular flexibility index (Phi) is 3.98. The van der Waals surface area contributed by atoms with Gasteiger partial charge in [-0.25, -0.2) is 0 Å². The lowest BCUT2D eigenvalue weighted by Gasteiger charge is -2.32. The Morgan fingerprint density at radius 1 is 1.25 bits per heavy atom. The van der Waals surface area contributed by atoms with E-state index >= 15 is 0 Å². The zero-order valence-electron chi connectivity index (χ0n) is 13.1. The van der Waals surface area contributed by atoms with Gasteiger partial charge >= 0.3 is 7.12 Å². The van der Waals surface area contributed by atoms with Gasteiger partial charge in [0.15, 0.2) is 0 Å². The Balaban J connectivity index is 1.90. The number of aromatic nitrogens is 1. The predicted molar refractivity (Wildman–Crippen MR) is 79.5 cm³/mol. The minimum atomic E-state index is -0.319. The maximum atomic E-state index is 5.90. The summed E-state index contributed by atoms with van der Waals surface area (Å²) in [4.78, 5) is 0. The first kappa shape index (κ1) is 15.1. The molecule has 110 valence electrons. The number of anilines is 1. The van der Waals surface area contributed by atoms with Gasteiger partial charge in [0.25, 0.3) is 0 Å². The van der Waals surface area contributed by atoms with Crippen molar-refractivity contribution in [3.05, 3.63) is 23.8 Å². The third-order valence-corrected chi connectivity index (χ3v) is 3.83. The quantitative estimate of drug-likeness (QED) is 0.858. The first-order chi connectivity index (χ1) is 9.19. The summed E-state index contributed by atoms with van der Waals surface area (Å²) in [5.74, 6) is 2.59. The predicted octanol–water partition coefficient (Wildman–Crippen LogP) is 2.97. The van der Waals surface area contributed by atoms with Gasteiger partial charge in [0.1, 0.15) is 0 Å². The monoisotopic (exact) mass is 278 g/mol. The van der Waals surface area contributed by atoms with Gasteiger partial charge in [-0.05, 0) is 41.5 Å². The van der Waals surface area contributed by atoms with E-state index in [2.05, 4.69) is 10.5 Å². The first-order valence-electron chi connectivity index (χ1n) is 6.93. The van der Waals surface area contributed by atoms with Crippen molar-refractivity contribution in [2.45, 2.75) is 58.8 Å². The van der Waals surface area contributed by atoms with Gasteiger partial charge in [0, 0.05) is 12.1 Å². The minimum Gasteiger partial charge on any atom is -0.400 e. The van der Waals surface area contributed by atoms with Gasteiger partial charge in [-0.15, -0.1) is 0 Å². The second kappa shape index (κ2) is 5.26. The molecule has 0 bridgehead atoms. The summed E-state index contributed by atoms with van der Waals surface area (Å²) in [5, 5.41) is 7.04. The van der Waals surface area contributed by atoms with Crippen LogP contribution in [0.25, 0.3) is 0 Å². The molecule has 0 aliphatic carbocycles. The standard InChI is InChI=1S/C14H23BN2O3/c1-10(16-12-9-11(2)17-18-12)7-8-15-19-13(3,4)14(5,6)20-15/h7-10,16H,1-6H3/t10-/m0/s1. The number of aryl methyl sites for hydroxylation is 1. The highest BCUT2D eigenvalue weighted by atomic mass is 16.7. The average Bonchev–Trinajstić information content (AvgIpc) is 2.78. The molecule has 1 saturated heterocycles. The topological polar surface area (TPSA) is 56.5 Å². The lowest BCUT2D eigenvalue weighted by atomic mass is 9.89. The number of nitrogens with zero attached hydrogens (tertiary/aromatic N) is 1. The van der Waals surface area contributed by atoms with Gasteiger partial charge in [0.2, 0.25) is 5.88 Å². The summed E-state index contributed by atoms with van der Waals surface area (Å²) in [5.41, 5.74) is 0.246. The molecule has 0 spiro atoms. The van der Waals surface area contributed by atoms with Crippen LogP contribution in [-0.4, -0.2) is 29.5 Å². The Labute approximate surface area is 120 Å². The molecule has 1 fully saturated rings. The van der Waals surface area contributed by atoms with E-state index in [1.54, 1.807) is 0 Å². The van der Waals surface area contributed by atoms with Gasteiger partial charge < -0.3 is 19.1 Å². The van der Waals surface area contributed by atoms with E-state index in [-0.39, 0.29) is 24.4 Å². The molecule has 1 aliphatic rings. The molecule has 0 unspecified atom stereocenters. The van der Waals surface area contributed by atoms with Crippen molar-refractivity contribution < 1.29 is 13.8 Å². The number of rotatable bonds is 4. The van der Waals surface area contributed by atoms with E-state index in [1.165, 1.54) is 0 Å². The Hall–Kier alpha value is -1.27. The lowest BCUT2D eigenvalue weighted by Crippen LogP contribution is -2.41. The van der Waals surface area contributed by atoms with Gasteiger partial charge in [-0.3, -0.25) is 0 Å². The summed E-state index contributed by atoms with van der Waals surface area (Å²) in [6.07, 6.45) is 2.00. The first-order valence-corrected chi connectivity index (χ1v) is 6.93. The zero-order valence-corrected chi connectivity index (χ0v) is 13.1. The summed E-state index contributed by atoms with van der Waals surface area (Å²) in [7, 11) is -0.319. The second-order valence-electron chi connectivity index (χ2n) is 6.28. The van der Waals surface area contributed by atoms with Crippen molar-refractivity contribution >= 4 is 13.0 Å². The van der Waals surface area contributed by atoms with Crippen LogP contribution in [0.1, 0.15) is 40.3 Å². The number of hydrogen-bond acceptors (Lipinski definition) is 5. The molecular formula is C14H23BN2O3. The molecule has 0 aromatic carbocycles. The fourth-order valence-corrected chi connectivity index (χ4v) is 1.93. The summed E-state index contributed by atoms with van der Waals surface area (Å²) >= 11 is 0. The summed E-state index contributed by atoms with van der Waals surface area (Å²) in [6, 6.07) is 1.96. The highest BCUT2D eigenvalue weighted by molar-refractivity contribution is 6.51. The van der Waals surface area contributed by atoms with Crippen molar-refractivity contribution in [2.24, 2.45) is 0 Å². The van der Waals surface area contributed by atoms with E-state index in [1.807, 2.05) is 59.7 Å². The molecule has 5 nitrogen and oxygen atoms in total. The van der Waals surface area contributed by atoms with Crippen molar-refractivity contribution in [3.8, 4) is 0 Å². The molecule has 0 radical (unpaired) electrons. The van der Waals surface area contributed by atoms with E-state index in [0.717, 1.165) is 5.69 Å². The van der Waals surface area contributed by atoms with Crippen LogP contribution in [0.4, 0.5) is 5.88 Å². The van der Waals surface area contributed by atoms with Gasteiger partial charge in [0.05, 0.1) is 16.9 Å². The van der Waals surface area contributed by atoms with E-state index in [9.17, 15) is 0 Å².